The summed E-state index contributed by atoms with van der Waals surface area (Å²) >= 11 is 6.70. The highest BCUT2D eigenvalue weighted by Gasteiger charge is 2.53. The Hall–Kier alpha value is -2.06. The summed E-state index contributed by atoms with van der Waals surface area (Å²) in [6, 6.07) is 0. The van der Waals surface area contributed by atoms with E-state index in [9.17, 15) is 19.2 Å². The molecular weight excluding hydrogens is 562 g/mol. The molecule has 1 saturated heterocycles. The second kappa shape index (κ2) is 11.7. The Morgan fingerprint density at radius 2 is 1.44 bits per heavy atom. The topological polar surface area (TPSA) is 145 Å². The molecule has 0 unspecified atom stereocenters. The van der Waals surface area contributed by atoms with Crippen LogP contribution in [0.1, 0.15) is 45.3 Å². The molecule has 0 bridgehead atoms. The zero-order valence-corrected chi connectivity index (χ0v) is 21.0. The minimum Gasteiger partial charge on any atom is -0.463 e. The maximum absolute atomic E-state index is 11.9. The van der Waals surface area contributed by atoms with Gasteiger partial charge in [-0.05, 0) is 0 Å². The van der Waals surface area contributed by atoms with Gasteiger partial charge in [-0.15, -0.1) is 5.10 Å². The van der Waals surface area contributed by atoms with E-state index in [4.69, 9.17) is 23.7 Å². The molecule has 14 heteroatoms. The van der Waals surface area contributed by atoms with Crippen molar-refractivity contribution in [3.8, 4) is 0 Å². The van der Waals surface area contributed by atoms with Crippen LogP contribution < -0.4 is 0 Å². The predicted octanol–water partition coefficient (Wildman–Crippen LogP) is 1.32. The van der Waals surface area contributed by atoms with Gasteiger partial charge in [0.15, 0.2) is 24.5 Å². The van der Waals surface area contributed by atoms with Gasteiger partial charge in [0.25, 0.3) is 0 Å². The predicted molar refractivity (Wildman–Crippen MR) is 112 cm³/mol. The van der Waals surface area contributed by atoms with Gasteiger partial charge in [-0.1, -0.05) is 37.1 Å². The molecule has 1 fully saturated rings. The number of hydrogen-bond donors (Lipinski definition) is 0. The lowest BCUT2D eigenvalue weighted by molar-refractivity contribution is -0.270. The average molecular weight is 585 g/mol. The third-order valence-corrected chi connectivity index (χ3v) is 5.39. The Morgan fingerprint density at radius 1 is 0.875 bits per heavy atom. The molecule has 32 heavy (non-hydrogen) atoms. The van der Waals surface area contributed by atoms with Gasteiger partial charge in [0.2, 0.25) is 0 Å². The van der Waals surface area contributed by atoms with E-state index in [0.717, 1.165) is 13.8 Å². The summed E-state index contributed by atoms with van der Waals surface area (Å²) in [5.74, 6) is -2.70. The van der Waals surface area contributed by atoms with Crippen LogP contribution in [-0.2, 0) is 53.5 Å². The first kappa shape index (κ1) is 26.2. The average Bonchev–Trinajstić information content (AvgIpc) is 3.11. The summed E-state index contributed by atoms with van der Waals surface area (Å²) in [7, 11) is 0. The van der Waals surface area contributed by atoms with Crippen LogP contribution in [0.3, 0.4) is 0 Å². The third kappa shape index (κ3) is 6.48. The fourth-order valence-corrected chi connectivity index (χ4v) is 4.21. The second-order valence-electron chi connectivity index (χ2n) is 6.78. The highest BCUT2D eigenvalue weighted by atomic mass is 79.9. The Labute approximate surface area is 200 Å². The van der Waals surface area contributed by atoms with E-state index in [2.05, 4.69) is 42.2 Å². The van der Waals surface area contributed by atoms with E-state index < -0.39 is 54.5 Å². The molecule has 1 aromatic heterocycles. The van der Waals surface area contributed by atoms with Gasteiger partial charge in [0, 0.05) is 38.4 Å². The smallest absolute Gasteiger partial charge is 0.303 e. The SMILES string of the molecule is CC(=O)OC[C@H]1O[C@@H](n2nnc(CBr)c2CBr)[C@H](OC(C)=O)[C@@H](OC(C)=O)[C@@H]1OC(C)=O. The van der Waals surface area contributed by atoms with Crippen molar-refractivity contribution in [2.24, 2.45) is 0 Å². The molecule has 0 aromatic carbocycles. The number of ether oxygens (including phenoxy) is 5. The standard InChI is InChI=1S/C18H23Br2N3O9/c1-8(24)28-7-14-15(29-9(2)25)16(30-10(3)26)17(31-11(4)27)18(32-14)23-13(6-20)12(5-19)21-22-23/h14-18H,5-7H2,1-4H3/t14-,15-,16+,17-,18-/m1/s1. The van der Waals surface area contributed by atoms with Crippen LogP contribution in [-0.4, -0.2) is 69.9 Å². The Balaban J connectivity index is 2.60. The van der Waals surface area contributed by atoms with Crippen LogP contribution in [0, 0.1) is 0 Å². The van der Waals surface area contributed by atoms with E-state index in [1.54, 1.807) is 0 Å². The summed E-state index contributed by atoms with van der Waals surface area (Å²) in [5, 5.41) is 8.90. The van der Waals surface area contributed by atoms with Gasteiger partial charge in [-0.3, -0.25) is 19.2 Å². The zero-order chi connectivity index (χ0) is 24.0. The molecule has 1 aliphatic rings. The molecule has 0 radical (unpaired) electrons. The maximum Gasteiger partial charge on any atom is 0.303 e. The van der Waals surface area contributed by atoms with Gasteiger partial charge >= 0.3 is 23.9 Å². The molecule has 2 rings (SSSR count). The number of alkyl halides is 2. The van der Waals surface area contributed by atoms with Crippen molar-refractivity contribution < 1.29 is 42.9 Å². The third-order valence-electron chi connectivity index (χ3n) is 4.33. The Kier molecular flexibility index (Phi) is 9.58. The summed E-state index contributed by atoms with van der Waals surface area (Å²) in [6.07, 6.45) is -5.97. The molecule has 1 aromatic rings. The number of esters is 4. The largest absolute Gasteiger partial charge is 0.463 e. The molecular formula is C18H23Br2N3O9. The van der Waals surface area contributed by atoms with Crippen LogP contribution in [0.15, 0.2) is 0 Å². The fraction of sp³-hybridized carbons (Fsp3) is 0.667. The van der Waals surface area contributed by atoms with E-state index in [1.807, 2.05) is 0 Å². The summed E-state index contributed by atoms with van der Waals surface area (Å²) in [4.78, 5) is 47.0. The zero-order valence-electron chi connectivity index (χ0n) is 17.8. The maximum atomic E-state index is 11.9. The summed E-state index contributed by atoms with van der Waals surface area (Å²) in [6.45, 7) is 4.37. The molecule has 0 saturated carbocycles. The first-order valence-corrected chi connectivity index (χ1v) is 11.7. The molecule has 0 aliphatic carbocycles. The minimum atomic E-state index is -1.28. The van der Waals surface area contributed by atoms with Crippen LogP contribution in [0.5, 0.6) is 0 Å². The minimum absolute atomic E-state index is 0.321. The normalized spacial score (nSPS) is 25.0. The van der Waals surface area contributed by atoms with E-state index >= 15 is 0 Å². The molecule has 0 amide bonds. The van der Waals surface area contributed by atoms with Gasteiger partial charge in [-0.25, -0.2) is 4.68 Å². The highest BCUT2D eigenvalue weighted by Crippen LogP contribution is 2.35. The first-order chi connectivity index (χ1) is 15.1. The molecule has 5 atom stereocenters. The van der Waals surface area contributed by atoms with Crippen molar-refractivity contribution in [1.29, 1.82) is 0 Å². The van der Waals surface area contributed by atoms with Crippen LogP contribution >= 0.6 is 31.9 Å². The Bertz CT molecular complexity index is 863. The van der Waals surface area contributed by atoms with Crippen LogP contribution in [0.2, 0.25) is 0 Å². The molecule has 12 nitrogen and oxygen atoms in total. The quantitative estimate of drug-likeness (QED) is 0.248. The Morgan fingerprint density at radius 3 is 1.94 bits per heavy atom. The highest BCUT2D eigenvalue weighted by molar-refractivity contribution is 9.09. The fourth-order valence-electron chi connectivity index (χ4n) is 3.20. The second-order valence-corrected chi connectivity index (χ2v) is 7.91. The first-order valence-electron chi connectivity index (χ1n) is 9.44. The summed E-state index contributed by atoms with van der Waals surface area (Å²) < 4.78 is 28.7. The van der Waals surface area contributed by atoms with E-state index in [0.29, 0.717) is 22.0 Å². The van der Waals surface area contributed by atoms with Gasteiger partial charge in [0.1, 0.15) is 12.7 Å². The lowest BCUT2D eigenvalue weighted by Gasteiger charge is -2.44. The van der Waals surface area contributed by atoms with Crippen molar-refractivity contribution in [3.63, 3.8) is 0 Å². The number of carbonyl (C=O) groups excluding carboxylic acids is 4. The van der Waals surface area contributed by atoms with Crippen molar-refractivity contribution in [3.05, 3.63) is 11.4 Å². The van der Waals surface area contributed by atoms with Crippen LogP contribution in [0.4, 0.5) is 0 Å². The molecule has 0 N–H and O–H groups in total. The number of halogens is 2. The lowest BCUT2D eigenvalue weighted by Crippen LogP contribution is -2.60. The van der Waals surface area contributed by atoms with Gasteiger partial charge in [-0.2, -0.15) is 0 Å². The number of nitrogens with zero attached hydrogens (tertiary/aromatic N) is 3. The van der Waals surface area contributed by atoms with Crippen LogP contribution in [0.25, 0.3) is 0 Å². The van der Waals surface area contributed by atoms with Gasteiger partial charge < -0.3 is 23.7 Å². The molecule has 178 valence electrons. The summed E-state index contributed by atoms with van der Waals surface area (Å²) in [5.41, 5.74) is 1.19. The monoisotopic (exact) mass is 583 g/mol. The number of rotatable bonds is 8. The molecule has 0 spiro atoms. The van der Waals surface area contributed by atoms with Crippen molar-refractivity contribution in [2.45, 2.75) is 69.0 Å². The van der Waals surface area contributed by atoms with E-state index in [1.165, 1.54) is 18.5 Å². The lowest BCUT2D eigenvalue weighted by atomic mass is 9.97. The van der Waals surface area contributed by atoms with Crippen molar-refractivity contribution in [1.82, 2.24) is 15.0 Å². The number of carbonyl (C=O) groups is 4. The molecule has 2 heterocycles. The van der Waals surface area contributed by atoms with Crippen molar-refractivity contribution in [2.75, 3.05) is 6.61 Å². The van der Waals surface area contributed by atoms with E-state index in [-0.39, 0.29) is 6.61 Å². The number of aromatic nitrogens is 3. The van der Waals surface area contributed by atoms with Gasteiger partial charge in [0.05, 0.1) is 11.4 Å². The number of hydrogen-bond acceptors (Lipinski definition) is 11. The van der Waals surface area contributed by atoms with Crippen molar-refractivity contribution >= 4 is 55.7 Å². The molecule has 1 aliphatic heterocycles.